The second kappa shape index (κ2) is 14.9. The third kappa shape index (κ3) is 6.73. The van der Waals surface area contributed by atoms with Crippen LogP contribution in [0.4, 0.5) is 34.1 Å². The van der Waals surface area contributed by atoms with Crippen LogP contribution in [0.2, 0.25) is 0 Å². The summed E-state index contributed by atoms with van der Waals surface area (Å²) in [6.45, 7) is 0. The van der Waals surface area contributed by atoms with E-state index in [0.29, 0.717) is 0 Å². The SMILES string of the molecule is c1ccc(-c2ccc(-c3ccc(N(c4ccccc4)c4ccc(-c5ccc(N(c6ccccc6)c6ccc7c(c6)oc6ccccc67)cc5)cc4)cc3)cc2)cc1. The summed E-state index contributed by atoms with van der Waals surface area (Å²) in [5, 5.41) is 2.25. The lowest BCUT2D eigenvalue weighted by Crippen LogP contribution is -2.10. The molecule has 9 aromatic carbocycles. The molecule has 0 spiro atoms. The van der Waals surface area contributed by atoms with E-state index < -0.39 is 0 Å². The normalized spacial score (nSPS) is 11.2. The smallest absolute Gasteiger partial charge is 0.137 e. The summed E-state index contributed by atoms with van der Waals surface area (Å²) in [6.07, 6.45) is 0. The van der Waals surface area contributed by atoms with Crippen molar-refractivity contribution in [3.05, 3.63) is 231 Å². The van der Waals surface area contributed by atoms with E-state index >= 15 is 0 Å². The average molecular weight is 731 g/mol. The van der Waals surface area contributed by atoms with Gasteiger partial charge in [-0.1, -0.05) is 146 Å². The Morgan fingerprint density at radius 2 is 0.544 bits per heavy atom. The average Bonchev–Trinajstić information content (AvgIpc) is 3.67. The molecule has 1 heterocycles. The molecule has 0 bridgehead atoms. The van der Waals surface area contributed by atoms with E-state index in [1.165, 1.54) is 22.3 Å². The topological polar surface area (TPSA) is 19.6 Å². The summed E-state index contributed by atoms with van der Waals surface area (Å²) in [5.41, 5.74) is 15.4. The number of hydrogen-bond acceptors (Lipinski definition) is 3. The largest absolute Gasteiger partial charge is 0.456 e. The van der Waals surface area contributed by atoms with Crippen LogP contribution in [0.1, 0.15) is 0 Å². The zero-order chi connectivity index (χ0) is 38.0. The number of nitrogens with zero attached hydrogens (tertiary/aromatic N) is 2. The number of para-hydroxylation sites is 3. The van der Waals surface area contributed by atoms with Crippen molar-refractivity contribution in [2.45, 2.75) is 0 Å². The molecule has 0 N–H and O–H groups in total. The number of benzene rings is 9. The molecule has 0 atom stereocenters. The van der Waals surface area contributed by atoms with Gasteiger partial charge in [-0.15, -0.1) is 0 Å². The molecule has 0 aliphatic rings. The molecule has 0 saturated carbocycles. The summed E-state index contributed by atoms with van der Waals surface area (Å²) >= 11 is 0. The first-order chi connectivity index (χ1) is 28.2. The summed E-state index contributed by atoms with van der Waals surface area (Å²) in [7, 11) is 0. The lowest BCUT2D eigenvalue weighted by Gasteiger charge is -2.26. The molecule has 10 aromatic rings. The minimum atomic E-state index is 0.876. The molecule has 3 heteroatoms. The predicted octanol–water partition coefficient (Wildman–Crippen LogP) is 15.5. The molecule has 0 radical (unpaired) electrons. The van der Waals surface area contributed by atoms with E-state index in [9.17, 15) is 0 Å². The molecular formula is C54H38N2O. The highest BCUT2D eigenvalue weighted by Gasteiger charge is 2.17. The summed E-state index contributed by atoms with van der Waals surface area (Å²) in [5.74, 6) is 0. The number of furan rings is 1. The van der Waals surface area contributed by atoms with E-state index in [1.807, 2.05) is 12.1 Å². The molecule has 0 aliphatic carbocycles. The van der Waals surface area contributed by atoms with Gasteiger partial charge in [-0.05, 0) is 112 Å². The molecule has 0 fully saturated rings. The fourth-order valence-electron chi connectivity index (χ4n) is 7.80. The Hall–Kier alpha value is -7.62. The van der Waals surface area contributed by atoms with Crippen molar-refractivity contribution < 1.29 is 4.42 Å². The molecule has 0 saturated heterocycles. The van der Waals surface area contributed by atoms with Crippen LogP contribution in [0.25, 0.3) is 55.3 Å². The molecule has 57 heavy (non-hydrogen) atoms. The third-order valence-electron chi connectivity index (χ3n) is 10.7. The number of rotatable bonds is 9. The first-order valence-electron chi connectivity index (χ1n) is 19.3. The van der Waals surface area contributed by atoms with Gasteiger partial charge in [0.05, 0.1) is 0 Å². The van der Waals surface area contributed by atoms with Crippen molar-refractivity contribution in [2.75, 3.05) is 9.80 Å². The van der Waals surface area contributed by atoms with Crippen LogP contribution in [0.15, 0.2) is 235 Å². The van der Waals surface area contributed by atoms with Crippen molar-refractivity contribution in [1.82, 2.24) is 0 Å². The van der Waals surface area contributed by atoms with Crippen molar-refractivity contribution in [3.8, 4) is 33.4 Å². The van der Waals surface area contributed by atoms with Gasteiger partial charge in [0.25, 0.3) is 0 Å². The van der Waals surface area contributed by atoms with E-state index in [2.05, 4.69) is 228 Å². The van der Waals surface area contributed by atoms with Crippen LogP contribution >= 0.6 is 0 Å². The van der Waals surface area contributed by atoms with Crippen LogP contribution in [-0.4, -0.2) is 0 Å². The Morgan fingerprint density at radius 3 is 1.02 bits per heavy atom. The first kappa shape index (κ1) is 33.9. The maximum atomic E-state index is 6.28. The van der Waals surface area contributed by atoms with Crippen molar-refractivity contribution in [1.29, 1.82) is 0 Å². The zero-order valence-electron chi connectivity index (χ0n) is 31.2. The highest BCUT2D eigenvalue weighted by molar-refractivity contribution is 6.06. The number of anilines is 6. The Kier molecular flexibility index (Phi) is 8.86. The number of hydrogen-bond donors (Lipinski definition) is 0. The first-order valence-corrected chi connectivity index (χ1v) is 19.3. The number of fused-ring (bicyclic) bond motifs is 3. The Bertz CT molecular complexity index is 2900. The lowest BCUT2D eigenvalue weighted by atomic mass is 10.00. The lowest BCUT2D eigenvalue weighted by molar-refractivity contribution is 0.669. The molecule has 0 aliphatic heterocycles. The monoisotopic (exact) mass is 730 g/mol. The minimum Gasteiger partial charge on any atom is -0.456 e. The van der Waals surface area contributed by atoms with Gasteiger partial charge in [0.15, 0.2) is 0 Å². The molecule has 270 valence electrons. The van der Waals surface area contributed by atoms with Crippen LogP contribution in [-0.2, 0) is 0 Å². The molecule has 3 nitrogen and oxygen atoms in total. The van der Waals surface area contributed by atoms with E-state index in [0.717, 1.165) is 67.2 Å². The Morgan fingerprint density at radius 1 is 0.228 bits per heavy atom. The van der Waals surface area contributed by atoms with Crippen molar-refractivity contribution in [3.63, 3.8) is 0 Å². The summed E-state index contributed by atoms with van der Waals surface area (Å²) < 4.78 is 6.28. The standard InChI is InChI=1S/C54H38N2O/c1-4-12-39(13-5-1)40-20-22-41(23-21-40)42-24-30-47(31-25-42)55(45-14-6-2-7-15-45)48-32-26-43(27-33-48)44-28-34-49(35-29-44)56(46-16-8-3-9-17-46)50-36-37-52-51-18-10-11-19-53(51)57-54(52)38-50/h1-38H. The molecule has 0 amide bonds. The van der Waals surface area contributed by atoms with Gasteiger partial charge in [0.1, 0.15) is 11.2 Å². The van der Waals surface area contributed by atoms with Gasteiger partial charge < -0.3 is 14.2 Å². The van der Waals surface area contributed by atoms with Gasteiger partial charge in [-0.2, -0.15) is 0 Å². The van der Waals surface area contributed by atoms with Crippen LogP contribution in [0, 0.1) is 0 Å². The van der Waals surface area contributed by atoms with E-state index in [4.69, 9.17) is 4.42 Å². The summed E-state index contributed by atoms with van der Waals surface area (Å²) in [6, 6.07) is 81.6. The predicted molar refractivity (Wildman–Crippen MR) is 239 cm³/mol. The minimum absolute atomic E-state index is 0.876. The molecule has 10 rings (SSSR count). The molecule has 1 aromatic heterocycles. The quantitative estimate of drug-likeness (QED) is 0.147. The summed E-state index contributed by atoms with van der Waals surface area (Å²) in [4.78, 5) is 4.59. The van der Waals surface area contributed by atoms with Gasteiger partial charge in [0, 0.05) is 51.0 Å². The third-order valence-corrected chi connectivity index (χ3v) is 10.7. The van der Waals surface area contributed by atoms with Crippen LogP contribution in [0.3, 0.4) is 0 Å². The van der Waals surface area contributed by atoms with Gasteiger partial charge in [-0.3, -0.25) is 0 Å². The molecule has 0 unspecified atom stereocenters. The fourth-order valence-corrected chi connectivity index (χ4v) is 7.80. The highest BCUT2D eigenvalue weighted by Crippen LogP contribution is 2.40. The van der Waals surface area contributed by atoms with E-state index in [-0.39, 0.29) is 0 Å². The maximum absolute atomic E-state index is 6.28. The Labute approximate surface area is 333 Å². The van der Waals surface area contributed by atoms with Gasteiger partial charge >= 0.3 is 0 Å². The fraction of sp³-hybridized carbons (Fsp3) is 0. The van der Waals surface area contributed by atoms with Crippen LogP contribution < -0.4 is 9.80 Å². The van der Waals surface area contributed by atoms with Gasteiger partial charge in [0.2, 0.25) is 0 Å². The Balaban J connectivity index is 0.929. The zero-order valence-corrected chi connectivity index (χ0v) is 31.2. The van der Waals surface area contributed by atoms with Crippen LogP contribution in [0.5, 0.6) is 0 Å². The highest BCUT2D eigenvalue weighted by atomic mass is 16.3. The maximum Gasteiger partial charge on any atom is 0.137 e. The van der Waals surface area contributed by atoms with E-state index in [1.54, 1.807) is 0 Å². The van der Waals surface area contributed by atoms with Crippen molar-refractivity contribution in [2.24, 2.45) is 0 Å². The second-order valence-corrected chi connectivity index (χ2v) is 14.2. The molecular weight excluding hydrogens is 693 g/mol. The van der Waals surface area contributed by atoms with Crippen molar-refractivity contribution >= 4 is 56.1 Å². The second-order valence-electron chi connectivity index (χ2n) is 14.2. The van der Waals surface area contributed by atoms with Gasteiger partial charge in [-0.25, -0.2) is 0 Å².